The van der Waals surface area contributed by atoms with E-state index in [1.165, 1.54) is 0 Å². The molecule has 0 radical (unpaired) electrons. The summed E-state index contributed by atoms with van der Waals surface area (Å²) in [6.07, 6.45) is 6.73. The number of nitrogens with two attached hydrogens (primary N) is 1. The van der Waals surface area contributed by atoms with E-state index in [0.717, 1.165) is 28.7 Å². The number of carbonyl (C=O) groups is 2. The predicted octanol–water partition coefficient (Wildman–Crippen LogP) is 4.02. The highest BCUT2D eigenvalue weighted by Gasteiger charge is 2.42. The maximum atomic E-state index is 12.9. The van der Waals surface area contributed by atoms with E-state index in [1.54, 1.807) is 6.20 Å². The third-order valence-corrected chi connectivity index (χ3v) is 6.39. The lowest BCUT2D eigenvalue weighted by atomic mass is 9.74. The highest BCUT2D eigenvalue weighted by molar-refractivity contribution is 5.84. The number of likely N-dealkylation sites (tertiary alicyclic amines) is 1. The summed E-state index contributed by atoms with van der Waals surface area (Å²) in [4.78, 5) is 31.6. The zero-order valence-corrected chi connectivity index (χ0v) is 18.2. The standard InChI is InChI=1S/C27H29N3O2/c28-26(32)27(18-22-9-4-10-23(17-22)24-11-5-15-29-19-24)14-6-16-30(20-27)25(31)13-12-21-7-2-1-3-8-21/h1-5,7-11,15,17,19H,6,12-14,16,18,20H2,(H2,28,32). The zero-order chi connectivity index (χ0) is 22.4. The minimum Gasteiger partial charge on any atom is -0.369 e. The third-order valence-electron chi connectivity index (χ3n) is 6.39. The highest BCUT2D eigenvalue weighted by atomic mass is 16.2. The molecule has 2 N–H and O–H groups in total. The molecule has 1 saturated heterocycles. The first-order valence-electron chi connectivity index (χ1n) is 11.2. The lowest BCUT2D eigenvalue weighted by Gasteiger charge is -2.41. The second-order valence-corrected chi connectivity index (χ2v) is 8.67. The number of benzene rings is 2. The summed E-state index contributed by atoms with van der Waals surface area (Å²) >= 11 is 0. The molecule has 1 aliphatic heterocycles. The van der Waals surface area contributed by atoms with Gasteiger partial charge in [-0.05, 0) is 54.0 Å². The fourth-order valence-corrected chi connectivity index (χ4v) is 4.62. The molecule has 32 heavy (non-hydrogen) atoms. The number of pyridine rings is 1. The molecule has 5 heteroatoms. The largest absolute Gasteiger partial charge is 0.369 e. The van der Waals surface area contributed by atoms with E-state index in [2.05, 4.69) is 11.1 Å². The lowest BCUT2D eigenvalue weighted by Crippen LogP contribution is -2.53. The van der Waals surface area contributed by atoms with Gasteiger partial charge >= 0.3 is 0 Å². The van der Waals surface area contributed by atoms with E-state index in [0.29, 0.717) is 38.8 Å². The monoisotopic (exact) mass is 427 g/mol. The van der Waals surface area contributed by atoms with Crippen LogP contribution in [0.15, 0.2) is 79.1 Å². The number of aryl methyl sites for hydroxylation is 1. The van der Waals surface area contributed by atoms with E-state index < -0.39 is 5.41 Å². The molecule has 5 nitrogen and oxygen atoms in total. The Kier molecular flexibility index (Phi) is 6.64. The zero-order valence-electron chi connectivity index (χ0n) is 18.2. The Morgan fingerprint density at radius 1 is 0.969 bits per heavy atom. The van der Waals surface area contributed by atoms with Gasteiger partial charge in [-0.25, -0.2) is 0 Å². The predicted molar refractivity (Wildman–Crippen MR) is 126 cm³/mol. The van der Waals surface area contributed by atoms with Crippen LogP contribution in [0.4, 0.5) is 0 Å². The molecule has 2 heterocycles. The van der Waals surface area contributed by atoms with E-state index in [9.17, 15) is 9.59 Å². The molecular weight excluding hydrogens is 398 g/mol. The van der Waals surface area contributed by atoms with Crippen LogP contribution in [0.1, 0.15) is 30.4 Å². The topological polar surface area (TPSA) is 76.3 Å². The second-order valence-electron chi connectivity index (χ2n) is 8.67. The second kappa shape index (κ2) is 9.77. The first kappa shape index (κ1) is 21.8. The average molecular weight is 428 g/mol. The number of amides is 2. The number of nitrogens with zero attached hydrogens (tertiary/aromatic N) is 2. The molecule has 0 saturated carbocycles. The van der Waals surface area contributed by atoms with Crippen molar-refractivity contribution < 1.29 is 9.59 Å². The van der Waals surface area contributed by atoms with Crippen LogP contribution in [0.2, 0.25) is 0 Å². The van der Waals surface area contributed by atoms with Gasteiger partial charge in [-0.3, -0.25) is 14.6 Å². The van der Waals surface area contributed by atoms with E-state index in [1.807, 2.05) is 71.8 Å². The van der Waals surface area contributed by atoms with E-state index in [4.69, 9.17) is 5.73 Å². The molecule has 164 valence electrons. The van der Waals surface area contributed by atoms with Crippen LogP contribution in [-0.4, -0.2) is 34.8 Å². The Balaban J connectivity index is 1.48. The van der Waals surface area contributed by atoms with Gasteiger partial charge in [-0.2, -0.15) is 0 Å². The van der Waals surface area contributed by atoms with Crippen molar-refractivity contribution >= 4 is 11.8 Å². The van der Waals surface area contributed by atoms with Gasteiger partial charge in [0, 0.05) is 31.9 Å². The fraction of sp³-hybridized carbons (Fsp3) is 0.296. The quantitative estimate of drug-likeness (QED) is 0.619. The molecule has 1 aliphatic rings. The van der Waals surface area contributed by atoms with Gasteiger partial charge in [0.2, 0.25) is 11.8 Å². The summed E-state index contributed by atoms with van der Waals surface area (Å²) in [7, 11) is 0. The first-order valence-corrected chi connectivity index (χ1v) is 11.2. The molecule has 1 unspecified atom stereocenters. The summed E-state index contributed by atoms with van der Waals surface area (Å²) in [5.74, 6) is -0.242. The molecule has 1 fully saturated rings. The third kappa shape index (κ3) is 5.05. The Morgan fingerprint density at radius 2 is 1.75 bits per heavy atom. The number of hydrogen-bond acceptors (Lipinski definition) is 3. The summed E-state index contributed by atoms with van der Waals surface area (Å²) in [6.45, 7) is 1.06. The van der Waals surface area contributed by atoms with Crippen LogP contribution in [0.25, 0.3) is 11.1 Å². The molecule has 0 aliphatic carbocycles. The van der Waals surface area contributed by atoms with Crippen molar-refractivity contribution in [3.05, 3.63) is 90.3 Å². The van der Waals surface area contributed by atoms with E-state index in [-0.39, 0.29) is 11.8 Å². The van der Waals surface area contributed by atoms with Crippen LogP contribution in [0.3, 0.4) is 0 Å². The molecule has 4 rings (SSSR count). The average Bonchev–Trinajstić information content (AvgIpc) is 2.84. The summed E-state index contributed by atoms with van der Waals surface area (Å²) in [5.41, 5.74) is 9.48. The van der Waals surface area contributed by atoms with Crippen LogP contribution in [-0.2, 0) is 22.4 Å². The number of piperidine rings is 1. The highest BCUT2D eigenvalue weighted by Crippen LogP contribution is 2.35. The number of rotatable bonds is 7. The van der Waals surface area contributed by atoms with Crippen LogP contribution < -0.4 is 5.73 Å². The van der Waals surface area contributed by atoms with Crippen molar-refractivity contribution in [3.63, 3.8) is 0 Å². The smallest absolute Gasteiger partial charge is 0.225 e. The van der Waals surface area contributed by atoms with Gasteiger partial charge in [0.05, 0.1) is 5.41 Å². The Morgan fingerprint density at radius 3 is 2.50 bits per heavy atom. The summed E-state index contributed by atoms with van der Waals surface area (Å²) in [5, 5.41) is 0. The minimum atomic E-state index is -0.742. The Labute approximate surface area is 189 Å². The van der Waals surface area contributed by atoms with Crippen molar-refractivity contribution in [2.45, 2.75) is 32.1 Å². The van der Waals surface area contributed by atoms with Gasteiger partial charge in [0.15, 0.2) is 0 Å². The molecular formula is C27H29N3O2. The van der Waals surface area contributed by atoms with Gasteiger partial charge in [0.25, 0.3) is 0 Å². The SMILES string of the molecule is NC(=O)C1(Cc2cccc(-c3cccnc3)c2)CCCN(C(=O)CCc2ccccc2)C1. The fourth-order valence-electron chi connectivity index (χ4n) is 4.62. The molecule has 1 aromatic heterocycles. The van der Waals surface area contributed by atoms with Crippen LogP contribution in [0, 0.1) is 5.41 Å². The number of aromatic nitrogens is 1. The van der Waals surface area contributed by atoms with Gasteiger partial charge < -0.3 is 10.6 Å². The Hall–Kier alpha value is -3.47. The normalized spacial score (nSPS) is 18.3. The lowest BCUT2D eigenvalue weighted by molar-refractivity contribution is -0.139. The maximum absolute atomic E-state index is 12.9. The van der Waals surface area contributed by atoms with Crippen molar-refractivity contribution in [2.75, 3.05) is 13.1 Å². The van der Waals surface area contributed by atoms with Crippen molar-refractivity contribution in [1.82, 2.24) is 9.88 Å². The molecule has 2 aromatic carbocycles. The minimum absolute atomic E-state index is 0.0864. The molecule has 1 atom stereocenters. The molecule has 3 aromatic rings. The van der Waals surface area contributed by atoms with Crippen LogP contribution >= 0.6 is 0 Å². The van der Waals surface area contributed by atoms with Gasteiger partial charge in [-0.15, -0.1) is 0 Å². The number of hydrogen-bond donors (Lipinski definition) is 1. The summed E-state index contributed by atoms with van der Waals surface area (Å²) in [6, 6.07) is 22.1. The molecule has 2 amide bonds. The van der Waals surface area contributed by atoms with Crippen molar-refractivity contribution in [3.8, 4) is 11.1 Å². The Bertz CT molecular complexity index is 1070. The molecule has 0 spiro atoms. The first-order chi connectivity index (χ1) is 15.6. The van der Waals surface area contributed by atoms with Crippen LogP contribution in [0.5, 0.6) is 0 Å². The number of carbonyl (C=O) groups excluding carboxylic acids is 2. The maximum Gasteiger partial charge on any atom is 0.225 e. The molecule has 0 bridgehead atoms. The van der Waals surface area contributed by atoms with Crippen molar-refractivity contribution in [1.29, 1.82) is 0 Å². The van der Waals surface area contributed by atoms with E-state index >= 15 is 0 Å². The number of primary amides is 1. The summed E-state index contributed by atoms with van der Waals surface area (Å²) < 4.78 is 0. The van der Waals surface area contributed by atoms with Crippen molar-refractivity contribution in [2.24, 2.45) is 11.1 Å². The van der Waals surface area contributed by atoms with Gasteiger partial charge in [-0.1, -0.05) is 60.7 Å². The van der Waals surface area contributed by atoms with Gasteiger partial charge in [0.1, 0.15) is 0 Å².